The maximum atomic E-state index is 12.1. The predicted molar refractivity (Wildman–Crippen MR) is 108 cm³/mol. The zero-order valence-corrected chi connectivity index (χ0v) is 16.9. The minimum Gasteiger partial charge on any atom is -0.461 e. The summed E-state index contributed by atoms with van der Waals surface area (Å²) in [4.78, 5) is 23.9. The molecule has 8 heteroatoms. The molecular weight excluding hydrogens is 394 g/mol. The minimum atomic E-state index is -3.68. The molecule has 0 bridgehead atoms. The van der Waals surface area contributed by atoms with E-state index in [4.69, 9.17) is 9.15 Å². The van der Waals surface area contributed by atoms with E-state index in [1.165, 1.54) is 18.2 Å². The van der Waals surface area contributed by atoms with Crippen LogP contribution in [0.5, 0.6) is 0 Å². The second-order valence-corrected chi connectivity index (χ2v) is 8.41. The molecule has 3 rings (SSSR count). The van der Waals surface area contributed by atoms with Gasteiger partial charge in [0, 0.05) is 23.6 Å². The Hall–Kier alpha value is -2.97. The van der Waals surface area contributed by atoms with Gasteiger partial charge in [0.2, 0.25) is 10.0 Å². The molecule has 0 aliphatic rings. The van der Waals surface area contributed by atoms with Crippen LogP contribution < -0.4 is 10.3 Å². The number of fused-ring (bicyclic) bond motifs is 1. The number of carbonyl (C=O) groups excluding carboxylic acids is 1. The third-order valence-electron chi connectivity index (χ3n) is 4.51. The number of rotatable bonds is 7. The van der Waals surface area contributed by atoms with E-state index >= 15 is 0 Å². The summed E-state index contributed by atoms with van der Waals surface area (Å²) in [7, 11) is -3.68. The van der Waals surface area contributed by atoms with E-state index in [2.05, 4.69) is 4.72 Å². The Bertz CT molecular complexity index is 1200. The lowest BCUT2D eigenvalue weighted by Crippen LogP contribution is -2.26. The molecule has 0 atom stereocenters. The first kappa shape index (κ1) is 20.8. The number of nitrogens with one attached hydrogen (secondary N) is 1. The topological polar surface area (TPSA) is 103 Å². The van der Waals surface area contributed by atoms with Crippen molar-refractivity contribution in [3.8, 4) is 0 Å². The molecule has 0 saturated carbocycles. The second kappa shape index (κ2) is 8.59. The number of carbonyl (C=O) groups is 1. The van der Waals surface area contributed by atoms with Crippen molar-refractivity contribution in [2.24, 2.45) is 0 Å². The van der Waals surface area contributed by atoms with Gasteiger partial charge >= 0.3 is 11.6 Å². The van der Waals surface area contributed by atoms with Crippen molar-refractivity contribution < 1.29 is 22.4 Å². The van der Waals surface area contributed by atoms with Gasteiger partial charge in [-0.05, 0) is 49.2 Å². The maximum absolute atomic E-state index is 12.1. The van der Waals surface area contributed by atoms with Crippen LogP contribution in [-0.4, -0.2) is 20.9 Å². The van der Waals surface area contributed by atoms with Crippen molar-refractivity contribution in [2.45, 2.75) is 31.8 Å². The van der Waals surface area contributed by atoms with Gasteiger partial charge in [-0.25, -0.2) is 17.9 Å². The predicted octanol–water partition coefficient (Wildman–Crippen LogP) is 2.82. The largest absolute Gasteiger partial charge is 0.461 e. The van der Waals surface area contributed by atoms with E-state index in [-0.39, 0.29) is 24.5 Å². The van der Waals surface area contributed by atoms with E-state index in [1.807, 2.05) is 19.9 Å². The van der Waals surface area contributed by atoms with Gasteiger partial charge in [-0.15, -0.1) is 0 Å². The van der Waals surface area contributed by atoms with Crippen LogP contribution in [0.25, 0.3) is 11.0 Å². The highest BCUT2D eigenvalue weighted by Crippen LogP contribution is 2.22. The molecule has 0 aliphatic heterocycles. The average molecular weight is 415 g/mol. The molecule has 1 aromatic heterocycles. The Morgan fingerprint density at radius 3 is 2.48 bits per heavy atom. The smallest absolute Gasteiger partial charge is 0.336 e. The van der Waals surface area contributed by atoms with Crippen molar-refractivity contribution in [2.75, 3.05) is 6.54 Å². The van der Waals surface area contributed by atoms with Gasteiger partial charge < -0.3 is 9.15 Å². The molecule has 29 heavy (non-hydrogen) atoms. The van der Waals surface area contributed by atoms with Crippen molar-refractivity contribution in [3.63, 3.8) is 0 Å². The molecule has 0 aliphatic carbocycles. The number of ether oxygens (including phenoxy) is 1. The van der Waals surface area contributed by atoms with Crippen LogP contribution in [0.3, 0.4) is 0 Å². The van der Waals surface area contributed by atoms with Crippen molar-refractivity contribution in [3.05, 3.63) is 75.6 Å². The summed E-state index contributed by atoms with van der Waals surface area (Å²) in [6.07, 6.45) is -0.135. The molecule has 0 unspecified atom stereocenters. The third kappa shape index (κ3) is 5.10. The number of hydrogen-bond donors (Lipinski definition) is 1. The molecule has 0 saturated heterocycles. The molecule has 1 N–H and O–H groups in total. The molecule has 152 valence electrons. The summed E-state index contributed by atoms with van der Waals surface area (Å²) >= 11 is 0. The lowest BCUT2D eigenvalue weighted by molar-refractivity contribution is -0.144. The average Bonchev–Trinajstić information content (AvgIpc) is 2.68. The molecule has 2 aromatic carbocycles. The van der Waals surface area contributed by atoms with Crippen LogP contribution in [0.2, 0.25) is 0 Å². The van der Waals surface area contributed by atoms with E-state index in [9.17, 15) is 18.0 Å². The Balaban J connectivity index is 1.61. The Morgan fingerprint density at radius 2 is 1.76 bits per heavy atom. The monoisotopic (exact) mass is 415 g/mol. The maximum Gasteiger partial charge on any atom is 0.336 e. The first-order chi connectivity index (χ1) is 13.8. The molecular formula is C21H21NO6S. The fourth-order valence-corrected chi connectivity index (χ4v) is 3.86. The summed E-state index contributed by atoms with van der Waals surface area (Å²) in [6.45, 7) is 3.66. The standard InChI is InChI=1S/C21H21NO6S/c1-14-10-18-16(12-21(24)28-19(18)11-15(14)2)13-27-20(23)8-9-22-29(25,26)17-6-4-3-5-7-17/h3-7,10-12,22H,8-9,13H2,1-2H3. The summed E-state index contributed by atoms with van der Waals surface area (Å²) in [5, 5.41) is 0.699. The van der Waals surface area contributed by atoms with Gasteiger partial charge in [0.1, 0.15) is 12.2 Å². The van der Waals surface area contributed by atoms with Crippen molar-refractivity contribution >= 4 is 27.0 Å². The van der Waals surface area contributed by atoms with Gasteiger partial charge in [0.25, 0.3) is 0 Å². The highest BCUT2D eigenvalue weighted by molar-refractivity contribution is 7.89. The fourth-order valence-electron chi connectivity index (χ4n) is 2.80. The second-order valence-electron chi connectivity index (χ2n) is 6.64. The molecule has 0 spiro atoms. The summed E-state index contributed by atoms with van der Waals surface area (Å²) in [6, 6.07) is 12.8. The van der Waals surface area contributed by atoms with E-state index in [1.54, 1.807) is 24.3 Å². The summed E-state index contributed by atoms with van der Waals surface area (Å²) in [5.74, 6) is -0.578. The number of sulfonamides is 1. The van der Waals surface area contributed by atoms with Crippen LogP contribution in [0, 0.1) is 13.8 Å². The molecule has 7 nitrogen and oxygen atoms in total. The van der Waals surface area contributed by atoms with Gasteiger partial charge in [-0.1, -0.05) is 18.2 Å². The van der Waals surface area contributed by atoms with Gasteiger partial charge in [-0.3, -0.25) is 4.79 Å². The Morgan fingerprint density at radius 1 is 1.07 bits per heavy atom. The van der Waals surface area contributed by atoms with Gasteiger partial charge in [-0.2, -0.15) is 0 Å². The van der Waals surface area contributed by atoms with Crippen LogP contribution in [-0.2, 0) is 26.2 Å². The SMILES string of the molecule is Cc1cc2oc(=O)cc(COC(=O)CCNS(=O)(=O)c3ccccc3)c2cc1C. The Kier molecular flexibility index (Phi) is 6.14. The third-order valence-corrected chi connectivity index (χ3v) is 5.98. The quantitative estimate of drug-likeness (QED) is 0.470. The van der Waals surface area contributed by atoms with Gasteiger partial charge in [0.05, 0.1) is 11.3 Å². The van der Waals surface area contributed by atoms with Crippen LogP contribution in [0.1, 0.15) is 23.1 Å². The first-order valence-electron chi connectivity index (χ1n) is 9.00. The Labute approximate surface area is 168 Å². The van der Waals surface area contributed by atoms with Crippen LogP contribution >= 0.6 is 0 Å². The van der Waals surface area contributed by atoms with Crippen LogP contribution in [0.4, 0.5) is 0 Å². The van der Waals surface area contributed by atoms with E-state index < -0.39 is 21.6 Å². The van der Waals surface area contributed by atoms with Crippen molar-refractivity contribution in [1.29, 1.82) is 0 Å². The molecule has 1 heterocycles. The fraction of sp³-hybridized carbons (Fsp3) is 0.238. The number of hydrogen-bond acceptors (Lipinski definition) is 6. The van der Waals surface area contributed by atoms with E-state index in [0.29, 0.717) is 16.5 Å². The molecule has 0 fully saturated rings. The highest BCUT2D eigenvalue weighted by atomic mass is 32.2. The van der Waals surface area contributed by atoms with E-state index in [0.717, 1.165) is 11.1 Å². The normalized spacial score (nSPS) is 11.5. The number of esters is 1. The zero-order chi connectivity index (χ0) is 21.0. The lowest BCUT2D eigenvalue weighted by atomic mass is 10.0. The van der Waals surface area contributed by atoms with Crippen molar-refractivity contribution in [1.82, 2.24) is 4.72 Å². The number of benzene rings is 2. The van der Waals surface area contributed by atoms with Crippen LogP contribution in [0.15, 0.2) is 62.6 Å². The lowest BCUT2D eigenvalue weighted by Gasteiger charge is -2.10. The summed E-state index contributed by atoms with van der Waals surface area (Å²) < 4.78 is 37.1. The molecule has 0 amide bonds. The highest BCUT2D eigenvalue weighted by Gasteiger charge is 2.14. The molecule has 0 radical (unpaired) electrons. The zero-order valence-electron chi connectivity index (χ0n) is 16.1. The number of aryl methyl sites for hydroxylation is 2. The van der Waals surface area contributed by atoms with Gasteiger partial charge in [0.15, 0.2) is 0 Å². The summed E-state index contributed by atoms with van der Waals surface area (Å²) in [5.41, 5.74) is 2.46. The first-order valence-corrected chi connectivity index (χ1v) is 10.5. The molecule has 3 aromatic rings. The minimum absolute atomic E-state index is 0.0912.